The molecule has 1 aromatic carbocycles. The summed E-state index contributed by atoms with van der Waals surface area (Å²) in [4.78, 5) is 2.26. The molecule has 0 spiro atoms. The number of nitrogens with zero attached hydrogens (tertiary/aromatic N) is 1. The van der Waals surface area contributed by atoms with E-state index in [4.69, 9.17) is 0 Å². The molecule has 0 aliphatic carbocycles. The van der Waals surface area contributed by atoms with Crippen molar-refractivity contribution in [3.8, 4) is 0 Å². The lowest BCUT2D eigenvalue weighted by atomic mass is 10.1. The molecule has 20 heavy (non-hydrogen) atoms. The molecule has 1 rings (SSSR count). The maximum Gasteiger partial charge on any atom is 0.0449 e. The van der Waals surface area contributed by atoms with Crippen LogP contribution in [0.3, 0.4) is 0 Å². The van der Waals surface area contributed by atoms with Crippen molar-refractivity contribution in [3.63, 3.8) is 0 Å². The van der Waals surface area contributed by atoms with Gasteiger partial charge in [0.05, 0.1) is 0 Å². The molecular weight excluding hydrogens is 244 g/mol. The molecule has 0 fully saturated rings. The summed E-state index contributed by atoms with van der Waals surface area (Å²) in [7, 11) is 4.28. The number of likely N-dealkylation sites (N-methyl/N-ethyl adjacent to an activating group) is 1. The normalized spacial score (nSPS) is 12.8. The third-order valence-corrected chi connectivity index (χ3v) is 3.67. The fraction of sp³-hybridized carbons (Fsp3) is 0.667. The molecule has 2 heteroatoms. The lowest BCUT2D eigenvalue weighted by Gasteiger charge is -2.23. The van der Waals surface area contributed by atoms with Crippen molar-refractivity contribution in [2.75, 3.05) is 27.2 Å². The Morgan fingerprint density at radius 1 is 0.950 bits per heavy atom. The number of nitrogens with one attached hydrogen (secondary N) is 1. The van der Waals surface area contributed by atoms with Crippen LogP contribution >= 0.6 is 0 Å². The Labute approximate surface area is 125 Å². The fourth-order valence-electron chi connectivity index (χ4n) is 2.52. The predicted molar refractivity (Wildman–Crippen MR) is 89.1 cm³/mol. The molecule has 0 saturated carbocycles. The second-order valence-electron chi connectivity index (χ2n) is 5.95. The van der Waals surface area contributed by atoms with Gasteiger partial charge in [0.15, 0.2) is 0 Å². The van der Waals surface area contributed by atoms with Gasteiger partial charge in [-0.2, -0.15) is 0 Å². The van der Waals surface area contributed by atoms with Crippen LogP contribution in [0.5, 0.6) is 0 Å². The number of benzene rings is 1. The molecular formula is C18H32N2. The molecule has 1 aromatic rings. The number of rotatable bonds is 11. The zero-order chi connectivity index (χ0) is 14.6. The summed E-state index contributed by atoms with van der Waals surface area (Å²) in [6.45, 7) is 4.45. The summed E-state index contributed by atoms with van der Waals surface area (Å²) in [5.41, 5.74) is 1.40. The van der Waals surface area contributed by atoms with Crippen molar-refractivity contribution in [2.24, 2.45) is 0 Å². The van der Waals surface area contributed by atoms with Gasteiger partial charge >= 0.3 is 0 Å². The van der Waals surface area contributed by atoms with E-state index in [9.17, 15) is 0 Å². The molecule has 0 amide bonds. The van der Waals surface area contributed by atoms with E-state index in [0.29, 0.717) is 6.04 Å². The molecule has 0 bridgehead atoms. The van der Waals surface area contributed by atoms with Crippen molar-refractivity contribution in [3.05, 3.63) is 35.9 Å². The topological polar surface area (TPSA) is 15.3 Å². The van der Waals surface area contributed by atoms with Crippen molar-refractivity contribution in [1.82, 2.24) is 10.2 Å². The average molecular weight is 276 g/mol. The minimum absolute atomic E-state index is 0.446. The maximum atomic E-state index is 3.72. The SMILES string of the molecule is CCCCCCCCNC(CN(C)C)c1ccccc1. The smallest absolute Gasteiger partial charge is 0.0449 e. The Kier molecular flexibility index (Phi) is 9.35. The number of hydrogen-bond acceptors (Lipinski definition) is 2. The third kappa shape index (κ3) is 7.66. The summed E-state index contributed by atoms with van der Waals surface area (Å²) in [6.07, 6.45) is 8.16. The molecule has 1 unspecified atom stereocenters. The van der Waals surface area contributed by atoms with Crippen molar-refractivity contribution >= 4 is 0 Å². The zero-order valence-corrected chi connectivity index (χ0v) is 13.6. The average Bonchev–Trinajstić information content (AvgIpc) is 2.45. The van der Waals surface area contributed by atoms with Crippen LogP contribution in [0.1, 0.15) is 57.1 Å². The van der Waals surface area contributed by atoms with Crippen LogP contribution in [0, 0.1) is 0 Å². The van der Waals surface area contributed by atoms with Crippen molar-refractivity contribution in [1.29, 1.82) is 0 Å². The summed E-state index contributed by atoms with van der Waals surface area (Å²) in [5, 5.41) is 3.72. The Hall–Kier alpha value is -0.860. The Morgan fingerprint density at radius 2 is 1.60 bits per heavy atom. The van der Waals surface area contributed by atoms with E-state index in [1.54, 1.807) is 0 Å². The van der Waals surface area contributed by atoms with Crippen LogP contribution in [0.4, 0.5) is 0 Å². The molecule has 0 aliphatic rings. The number of unbranched alkanes of at least 4 members (excludes halogenated alkanes) is 5. The van der Waals surface area contributed by atoms with E-state index in [1.165, 1.54) is 44.1 Å². The van der Waals surface area contributed by atoms with Crippen molar-refractivity contribution in [2.45, 2.75) is 51.5 Å². The second-order valence-corrected chi connectivity index (χ2v) is 5.95. The highest BCUT2D eigenvalue weighted by Gasteiger charge is 2.10. The zero-order valence-electron chi connectivity index (χ0n) is 13.6. The van der Waals surface area contributed by atoms with Gasteiger partial charge in [0.1, 0.15) is 0 Å². The van der Waals surface area contributed by atoms with Gasteiger partial charge in [0.25, 0.3) is 0 Å². The van der Waals surface area contributed by atoms with E-state index in [2.05, 4.69) is 61.6 Å². The van der Waals surface area contributed by atoms with E-state index in [1.807, 2.05) is 0 Å². The standard InChI is InChI=1S/C18H32N2/c1-4-5-6-7-8-12-15-19-18(16-20(2)3)17-13-10-9-11-14-17/h9-11,13-14,18-19H,4-8,12,15-16H2,1-3H3. The lowest BCUT2D eigenvalue weighted by Crippen LogP contribution is -2.31. The highest BCUT2D eigenvalue weighted by atomic mass is 15.1. The van der Waals surface area contributed by atoms with Crippen molar-refractivity contribution < 1.29 is 0 Å². The first kappa shape index (κ1) is 17.2. The molecule has 0 radical (unpaired) electrons. The molecule has 0 saturated heterocycles. The Balaban J connectivity index is 2.28. The van der Waals surface area contributed by atoms with Crippen LogP contribution in [-0.4, -0.2) is 32.1 Å². The van der Waals surface area contributed by atoms with E-state index >= 15 is 0 Å². The fourth-order valence-corrected chi connectivity index (χ4v) is 2.52. The van der Waals surface area contributed by atoms with Gasteiger partial charge in [-0.3, -0.25) is 0 Å². The molecule has 0 aliphatic heterocycles. The first-order chi connectivity index (χ1) is 9.74. The van der Waals surface area contributed by atoms with E-state index in [0.717, 1.165) is 13.1 Å². The summed E-state index contributed by atoms with van der Waals surface area (Å²) < 4.78 is 0. The van der Waals surface area contributed by atoms with Crippen LogP contribution in [0.25, 0.3) is 0 Å². The monoisotopic (exact) mass is 276 g/mol. The third-order valence-electron chi connectivity index (χ3n) is 3.67. The van der Waals surface area contributed by atoms with Gasteiger partial charge in [0.2, 0.25) is 0 Å². The summed E-state index contributed by atoms with van der Waals surface area (Å²) >= 11 is 0. The second kappa shape index (κ2) is 10.9. The van der Waals surface area contributed by atoms with E-state index < -0.39 is 0 Å². The van der Waals surface area contributed by atoms with Crippen LogP contribution in [0.2, 0.25) is 0 Å². The lowest BCUT2D eigenvalue weighted by molar-refractivity contribution is 0.340. The number of hydrogen-bond donors (Lipinski definition) is 1. The largest absolute Gasteiger partial charge is 0.309 e. The molecule has 2 nitrogen and oxygen atoms in total. The molecule has 1 atom stereocenters. The molecule has 0 heterocycles. The first-order valence-electron chi connectivity index (χ1n) is 8.17. The summed E-state index contributed by atoms with van der Waals surface area (Å²) in [5.74, 6) is 0. The molecule has 114 valence electrons. The summed E-state index contributed by atoms with van der Waals surface area (Å²) in [6, 6.07) is 11.2. The van der Waals surface area contributed by atoms with Gasteiger partial charge in [-0.1, -0.05) is 69.4 Å². The highest BCUT2D eigenvalue weighted by molar-refractivity contribution is 5.19. The van der Waals surface area contributed by atoms with Gasteiger partial charge in [-0.25, -0.2) is 0 Å². The molecule has 0 aromatic heterocycles. The van der Waals surface area contributed by atoms with Crippen LogP contribution < -0.4 is 5.32 Å². The minimum atomic E-state index is 0.446. The van der Waals surface area contributed by atoms with Gasteiger partial charge < -0.3 is 10.2 Å². The van der Waals surface area contributed by atoms with Crippen LogP contribution in [-0.2, 0) is 0 Å². The Bertz CT molecular complexity index is 321. The van der Waals surface area contributed by atoms with Gasteiger partial charge in [0, 0.05) is 12.6 Å². The first-order valence-corrected chi connectivity index (χ1v) is 8.17. The highest BCUT2D eigenvalue weighted by Crippen LogP contribution is 2.13. The van der Waals surface area contributed by atoms with Crippen LogP contribution in [0.15, 0.2) is 30.3 Å². The predicted octanol–water partition coefficient (Wildman–Crippen LogP) is 4.24. The van der Waals surface area contributed by atoms with Gasteiger partial charge in [-0.05, 0) is 32.6 Å². The minimum Gasteiger partial charge on any atom is -0.309 e. The van der Waals surface area contributed by atoms with Gasteiger partial charge in [-0.15, -0.1) is 0 Å². The molecule has 1 N–H and O–H groups in total. The quantitative estimate of drug-likeness (QED) is 0.608. The van der Waals surface area contributed by atoms with E-state index in [-0.39, 0.29) is 0 Å². The Morgan fingerprint density at radius 3 is 2.25 bits per heavy atom. The maximum absolute atomic E-state index is 3.72.